The van der Waals surface area contributed by atoms with E-state index in [-0.39, 0.29) is 6.61 Å². The molecule has 3 aromatic rings. The molecule has 2 heterocycles. The highest BCUT2D eigenvalue weighted by Crippen LogP contribution is 2.36. The summed E-state index contributed by atoms with van der Waals surface area (Å²) in [5, 5.41) is 12.5. The second-order valence-corrected chi connectivity index (χ2v) is 6.23. The van der Waals surface area contributed by atoms with Gasteiger partial charge in [-0.2, -0.15) is 5.10 Å². The van der Waals surface area contributed by atoms with E-state index >= 15 is 0 Å². The van der Waals surface area contributed by atoms with Gasteiger partial charge in [-0.15, -0.1) is 10.2 Å². The quantitative estimate of drug-likeness (QED) is 0.669. The number of para-hydroxylation sites is 1. The number of aromatic nitrogens is 5. The van der Waals surface area contributed by atoms with Crippen molar-refractivity contribution in [3.63, 3.8) is 0 Å². The molecule has 0 atom stereocenters. The summed E-state index contributed by atoms with van der Waals surface area (Å²) >= 11 is 0. The fourth-order valence-electron chi connectivity index (χ4n) is 2.97. The molecule has 7 nitrogen and oxygen atoms in total. The summed E-state index contributed by atoms with van der Waals surface area (Å²) in [6.45, 7) is 3.89. The number of hydrogen-bond acceptors (Lipinski definition) is 5. The van der Waals surface area contributed by atoms with E-state index in [1.165, 1.54) is 0 Å². The van der Waals surface area contributed by atoms with Crippen LogP contribution in [0.15, 0.2) is 36.5 Å². The molecule has 2 aromatic heterocycles. The van der Waals surface area contributed by atoms with Crippen molar-refractivity contribution in [3.05, 3.63) is 59.4 Å². The van der Waals surface area contributed by atoms with Crippen molar-refractivity contribution < 1.29 is 9.53 Å². The molecule has 25 heavy (non-hydrogen) atoms. The summed E-state index contributed by atoms with van der Waals surface area (Å²) in [7, 11) is 0. The summed E-state index contributed by atoms with van der Waals surface area (Å²) in [5.41, 5.74) is 2.11. The second-order valence-electron chi connectivity index (χ2n) is 6.23. The third kappa shape index (κ3) is 2.93. The molecule has 7 heteroatoms. The van der Waals surface area contributed by atoms with Crippen molar-refractivity contribution in [1.29, 1.82) is 0 Å². The van der Waals surface area contributed by atoms with Crippen LogP contribution in [0.1, 0.15) is 46.6 Å². The van der Waals surface area contributed by atoms with Crippen molar-refractivity contribution in [3.8, 4) is 5.69 Å². The standard InChI is InChI=1S/C18H19N5O2/c1-12-16(10-19-23(12)15-6-4-3-5-7-15)18(24)25-11-17-21-20-13(2)22(17)14-8-9-14/h3-7,10,14H,8-9,11H2,1-2H3. The van der Waals surface area contributed by atoms with E-state index in [2.05, 4.69) is 19.9 Å². The van der Waals surface area contributed by atoms with Crippen LogP contribution < -0.4 is 0 Å². The normalized spacial score (nSPS) is 13.8. The second kappa shape index (κ2) is 6.16. The molecule has 1 aliphatic carbocycles. The van der Waals surface area contributed by atoms with Gasteiger partial charge in [-0.05, 0) is 38.8 Å². The Hall–Kier alpha value is -2.96. The molecule has 1 saturated carbocycles. The monoisotopic (exact) mass is 337 g/mol. The van der Waals surface area contributed by atoms with Gasteiger partial charge < -0.3 is 9.30 Å². The number of ether oxygens (including phenoxy) is 1. The highest BCUT2D eigenvalue weighted by atomic mass is 16.5. The van der Waals surface area contributed by atoms with Gasteiger partial charge in [-0.25, -0.2) is 9.48 Å². The van der Waals surface area contributed by atoms with Gasteiger partial charge in [0, 0.05) is 6.04 Å². The zero-order valence-electron chi connectivity index (χ0n) is 14.2. The number of esters is 1. The number of carbonyl (C=O) groups excluding carboxylic acids is 1. The lowest BCUT2D eigenvalue weighted by Crippen LogP contribution is -2.11. The third-order valence-electron chi connectivity index (χ3n) is 4.41. The minimum atomic E-state index is -0.400. The van der Waals surface area contributed by atoms with E-state index in [0.717, 1.165) is 30.0 Å². The van der Waals surface area contributed by atoms with Crippen LogP contribution in [-0.2, 0) is 11.3 Å². The molecule has 4 rings (SSSR count). The summed E-state index contributed by atoms with van der Waals surface area (Å²) < 4.78 is 9.25. The maximum Gasteiger partial charge on any atom is 0.342 e. The van der Waals surface area contributed by atoms with E-state index in [1.54, 1.807) is 10.9 Å². The largest absolute Gasteiger partial charge is 0.454 e. The van der Waals surface area contributed by atoms with E-state index in [9.17, 15) is 4.79 Å². The van der Waals surface area contributed by atoms with Gasteiger partial charge in [-0.3, -0.25) is 0 Å². The summed E-state index contributed by atoms with van der Waals surface area (Å²) in [6.07, 6.45) is 3.80. The fraction of sp³-hybridized carbons (Fsp3) is 0.333. The average molecular weight is 337 g/mol. The fourth-order valence-corrected chi connectivity index (χ4v) is 2.97. The van der Waals surface area contributed by atoms with E-state index in [1.807, 2.05) is 44.2 Å². The molecular formula is C18H19N5O2. The van der Waals surface area contributed by atoms with Crippen LogP contribution in [0.25, 0.3) is 5.69 Å². The van der Waals surface area contributed by atoms with Gasteiger partial charge >= 0.3 is 5.97 Å². The zero-order valence-corrected chi connectivity index (χ0v) is 14.2. The number of nitrogens with zero attached hydrogens (tertiary/aromatic N) is 5. The van der Waals surface area contributed by atoms with E-state index in [0.29, 0.717) is 17.4 Å². The molecule has 1 fully saturated rings. The number of rotatable bonds is 5. The molecule has 0 radical (unpaired) electrons. The van der Waals surface area contributed by atoms with Crippen molar-refractivity contribution in [2.24, 2.45) is 0 Å². The number of hydrogen-bond donors (Lipinski definition) is 0. The first-order valence-corrected chi connectivity index (χ1v) is 8.32. The average Bonchev–Trinajstić information content (AvgIpc) is 3.28. The number of carbonyl (C=O) groups is 1. The Morgan fingerprint density at radius 3 is 2.68 bits per heavy atom. The molecule has 128 valence electrons. The first kappa shape index (κ1) is 15.6. The van der Waals surface area contributed by atoms with Gasteiger partial charge in [-0.1, -0.05) is 18.2 Å². The Labute approximate surface area is 145 Å². The topological polar surface area (TPSA) is 74.8 Å². The highest BCUT2D eigenvalue weighted by molar-refractivity contribution is 5.90. The lowest BCUT2D eigenvalue weighted by molar-refractivity contribution is 0.0456. The van der Waals surface area contributed by atoms with Crippen LogP contribution in [0.3, 0.4) is 0 Å². The Balaban J connectivity index is 1.50. The number of aryl methyl sites for hydroxylation is 1. The molecule has 0 aliphatic heterocycles. The molecule has 0 bridgehead atoms. The minimum absolute atomic E-state index is 0.117. The van der Waals surface area contributed by atoms with Crippen molar-refractivity contribution in [2.75, 3.05) is 0 Å². The van der Waals surface area contributed by atoms with Crippen LogP contribution in [0.4, 0.5) is 0 Å². The molecule has 0 amide bonds. The molecule has 0 spiro atoms. The summed E-state index contributed by atoms with van der Waals surface area (Å²) in [4.78, 5) is 12.5. The highest BCUT2D eigenvalue weighted by Gasteiger charge is 2.28. The lowest BCUT2D eigenvalue weighted by atomic mass is 10.2. The van der Waals surface area contributed by atoms with Crippen molar-refractivity contribution >= 4 is 5.97 Å². The Kier molecular flexibility index (Phi) is 3.83. The lowest BCUT2D eigenvalue weighted by Gasteiger charge is -2.08. The molecule has 1 aliphatic rings. The van der Waals surface area contributed by atoms with Gasteiger partial charge in [0.25, 0.3) is 0 Å². The van der Waals surface area contributed by atoms with Crippen LogP contribution in [-0.4, -0.2) is 30.5 Å². The van der Waals surface area contributed by atoms with E-state index in [4.69, 9.17) is 4.74 Å². The van der Waals surface area contributed by atoms with Crippen LogP contribution in [0, 0.1) is 13.8 Å². The molecular weight excluding hydrogens is 318 g/mol. The minimum Gasteiger partial charge on any atom is -0.454 e. The maximum atomic E-state index is 12.5. The van der Waals surface area contributed by atoms with Crippen molar-refractivity contribution in [2.45, 2.75) is 39.3 Å². The molecule has 0 N–H and O–H groups in total. The Bertz CT molecular complexity index is 909. The predicted molar refractivity (Wildman–Crippen MR) is 90.5 cm³/mol. The van der Waals surface area contributed by atoms with Crippen LogP contribution in [0.5, 0.6) is 0 Å². The number of benzene rings is 1. The zero-order chi connectivity index (χ0) is 17.4. The van der Waals surface area contributed by atoms with Crippen LogP contribution in [0.2, 0.25) is 0 Å². The van der Waals surface area contributed by atoms with Gasteiger partial charge in [0.1, 0.15) is 11.4 Å². The van der Waals surface area contributed by atoms with Crippen LogP contribution >= 0.6 is 0 Å². The van der Waals surface area contributed by atoms with Gasteiger partial charge in [0.15, 0.2) is 12.4 Å². The molecule has 0 saturated heterocycles. The Morgan fingerprint density at radius 1 is 1.20 bits per heavy atom. The van der Waals surface area contributed by atoms with Crippen molar-refractivity contribution in [1.82, 2.24) is 24.5 Å². The first-order valence-electron chi connectivity index (χ1n) is 8.32. The van der Waals surface area contributed by atoms with Gasteiger partial charge in [0.2, 0.25) is 0 Å². The molecule has 1 aromatic carbocycles. The van der Waals surface area contributed by atoms with Gasteiger partial charge in [0.05, 0.1) is 17.6 Å². The first-order chi connectivity index (χ1) is 12.1. The molecule has 0 unspecified atom stereocenters. The summed E-state index contributed by atoms with van der Waals surface area (Å²) in [6, 6.07) is 10.1. The SMILES string of the molecule is Cc1c(C(=O)OCc2nnc(C)n2C2CC2)cnn1-c1ccccc1. The third-order valence-corrected chi connectivity index (χ3v) is 4.41. The Morgan fingerprint density at radius 2 is 1.96 bits per heavy atom. The smallest absolute Gasteiger partial charge is 0.342 e. The summed E-state index contributed by atoms with van der Waals surface area (Å²) in [5.74, 6) is 1.16. The predicted octanol–water partition coefficient (Wildman–Crippen LogP) is 2.77. The van der Waals surface area contributed by atoms with E-state index < -0.39 is 5.97 Å². The maximum absolute atomic E-state index is 12.5.